The highest BCUT2D eigenvalue weighted by atomic mass is 15.3. The summed E-state index contributed by atoms with van der Waals surface area (Å²) in [6.45, 7) is 0. The summed E-state index contributed by atoms with van der Waals surface area (Å²) in [6, 6.07) is 12.5. The maximum absolute atomic E-state index is 5.61. The van der Waals surface area contributed by atoms with Crippen molar-refractivity contribution in [3.8, 4) is 0 Å². The number of aromatic nitrogens is 1. The molecule has 1 aliphatic carbocycles. The molecule has 0 aliphatic heterocycles. The molecule has 0 amide bonds. The molecule has 3 rings (SSSR count). The first-order valence-electron chi connectivity index (χ1n) is 6.77. The number of aliphatic imine (C=N–C) groups is 1. The van der Waals surface area contributed by atoms with Gasteiger partial charge < -0.3 is 5.43 Å². The highest BCUT2D eigenvalue weighted by Crippen LogP contribution is 2.21. The third-order valence-corrected chi connectivity index (χ3v) is 3.61. The standard InChI is InChI=1S/C15H18N4/c16-19-15(17-12-6-2-3-7-12)14-10-9-11-5-1-4-8-13(11)18-14/h1,4-5,8-10,12H,2-3,6-7,16H2,(H,17,19). The number of nitrogens with one attached hydrogen (secondary N) is 1. The van der Waals surface area contributed by atoms with Crippen LogP contribution >= 0.6 is 0 Å². The number of rotatable bonds is 2. The number of hydrazine groups is 1. The van der Waals surface area contributed by atoms with Gasteiger partial charge in [0.05, 0.1) is 11.6 Å². The Kier molecular flexibility index (Phi) is 3.42. The van der Waals surface area contributed by atoms with E-state index in [-0.39, 0.29) is 0 Å². The van der Waals surface area contributed by atoms with E-state index in [2.05, 4.69) is 27.5 Å². The van der Waals surface area contributed by atoms with Gasteiger partial charge in [0.25, 0.3) is 0 Å². The van der Waals surface area contributed by atoms with E-state index in [0.717, 1.165) is 29.4 Å². The molecule has 1 aromatic heterocycles. The van der Waals surface area contributed by atoms with Gasteiger partial charge in [-0.05, 0) is 25.0 Å². The Balaban J connectivity index is 1.96. The predicted octanol–water partition coefficient (Wildman–Crippen LogP) is 2.39. The molecular weight excluding hydrogens is 236 g/mol. The number of nitrogens with zero attached hydrogens (tertiary/aromatic N) is 2. The summed E-state index contributed by atoms with van der Waals surface area (Å²) < 4.78 is 0. The number of pyridine rings is 1. The highest BCUT2D eigenvalue weighted by molar-refractivity contribution is 5.98. The lowest BCUT2D eigenvalue weighted by Crippen LogP contribution is -2.33. The largest absolute Gasteiger partial charge is 0.307 e. The van der Waals surface area contributed by atoms with Crippen LogP contribution in [0, 0.1) is 0 Å². The molecule has 0 atom stereocenters. The van der Waals surface area contributed by atoms with E-state index >= 15 is 0 Å². The number of benzene rings is 1. The number of hydrogen-bond donors (Lipinski definition) is 2. The van der Waals surface area contributed by atoms with Gasteiger partial charge in [-0.15, -0.1) is 0 Å². The number of hydrogen-bond acceptors (Lipinski definition) is 3. The molecule has 1 saturated carbocycles. The number of amidine groups is 1. The normalized spacial score (nSPS) is 17.0. The average molecular weight is 254 g/mol. The fourth-order valence-corrected chi connectivity index (χ4v) is 2.59. The smallest absolute Gasteiger partial charge is 0.161 e. The molecule has 4 nitrogen and oxygen atoms in total. The van der Waals surface area contributed by atoms with Crippen LogP contribution in [0.5, 0.6) is 0 Å². The fourth-order valence-electron chi connectivity index (χ4n) is 2.59. The van der Waals surface area contributed by atoms with Gasteiger partial charge in [0.2, 0.25) is 0 Å². The first kappa shape index (κ1) is 12.1. The van der Waals surface area contributed by atoms with Gasteiger partial charge in [-0.25, -0.2) is 10.8 Å². The third-order valence-electron chi connectivity index (χ3n) is 3.61. The second-order valence-electron chi connectivity index (χ2n) is 4.95. The van der Waals surface area contributed by atoms with E-state index in [1.807, 2.05) is 24.3 Å². The van der Waals surface area contributed by atoms with Crippen LogP contribution in [0.15, 0.2) is 41.4 Å². The Morgan fingerprint density at radius 1 is 1.16 bits per heavy atom. The van der Waals surface area contributed by atoms with Crippen LogP contribution in [0.3, 0.4) is 0 Å². The molecule has 98 valence electrons. The van der Waals surface area contributed by atoms with Crippen LogP contribution in [-0.4, -0.2) is 16.9 Å². The highest BCUT2D eigenvalue weighted by Gasteiger charge is 2.15. The summed E-state index contributed by atoms with van der Waals surface area (Å²) in [5.41, 5.74) is 4.48. The number of para-hydroxylation sites is 1. The van der Waals surface area contributed by atoms with Gasteiger partial charge in [0.15, 0.2) is 5.84 Å². The lowest BCUT2D eigenvalue weighted by molar-refractivity contribution is 0.700. The fraction of sp³-hybridized carbons (Fsp3) is 0.333. The molecule has 1 aromatic carbocycles. The van der Waals surface area contributed by atoms with E-state index in [1.165, 1.54) is 12.8 Å². The topological polar surface area (TPSA) is 63.3 Å². The third kappa shape index (κ3) is 2.58. The van der Waals surface area contributed by atoms with Gasteiger partial charge in [0, 0.05) is 5.39 Å². The molecule has 2 aromatic rings. The minimum Gasteiger partial charge on any atom is -0.307 e. The van der Waals surface area contributed by atoms with Crippen LogP contribution in [-0.2, 0) is 0 Å². The van der Waals surface area contributed by atoms with Crippen molar-refractivity contribution in [3.63, 3.8) is 0 Å². The summed E-state index contributed by atoms with van der Waals surface area (Å²) in [5.74, 6) is 6.30. The van der Waals surface area contributed by atoms with Crippen LogP contribution < -0.4 is 11.3 Å². The maximum atomic E-state index is 5.61. The molecule has 1 fully saturated rings. The maximum Gasteiger partial charge on any atom is 0.161 e. The van der Waals surface area contributed by atoms with Crippen molar-refractivity contribution in [2.75, 3.05) is 0 Å². The molecule has 0 saturated heterocycles. The van der Waals surface area contributed by atoms with Crippen LogP contribution in [0.2, 0.25) is 0 Å². The van der Waals surface area contributed by atoms with Gasteiger partial charge in [-0.1, -0.05) is 37.1 Å². The Morgan fingerprint density at radius 3 is 2.74 bits per heavy atom. The lowest BCUT2D eigenvalue weighted by Gasteiger charge is -2.09. The van der Waals surface area contributed by atoms with Crippen LogP contribution in [0.25, 0.3) is 10.9 Å². The van der Waals surface area contributed by atoms with E-state index in [4.69, 9.17) is 5.84 Å². The monoisotopic (exact) mass is 254 g/mol. The second-order valence-corrected chi connectivity index (χ2v) is 4.95. The van der Waals surface area contributed by atoms with Gasteiger partial charge in [-0.2, -0.15) is 0 Å². The number of nitrogens with two attached hydrogens (primary N) is 1. The van der Waals surface area contributed by atoms with E-state index in [0.29, 0.717) is 11.9 Å². The predicted molar refractivity (Wildman–Crippen MR) is 77.9 cm³/mol. The molecule has 4 heteroatoms. The lowest BCUT2D eigenvalue weighted by atomic mass is 10.2. The van der Waals surface area contributed by atoms with Crippen molar-refractivity contribution in [3.05, 3.63) is 42.1 Å². The molecule has 0 bridgehead atoms. The van der Waals surface area contributed by atoms with E-state index in [9.17, 15) is 0 Å². The summed E-state index contributed by atoms with van der Waals surface area (Å²) in [4.78, 5) is 9.30. The van der Waals surface area contributed by atoms with Crippen molar-refractivity contribution in [2.24, 2.45) is 10.8 Å². The second kappa shape index (κ2) is 5.36. The summed E-state index contributed by atoms with van der Waals surface area (Å²) in [7, 11) is 0. The molecule has 1 aliphatic rings. The van der Waals surface area contributed by atoms with Crippen molar-refractivity contribution in [1.29, 1.82) is 0 Å². The Labute approximate surface area is 112 Å². The quantitative estimate of drug-likeness (QED) is 0.374. The van der Waals surface area contributed by atoms with Crippen LogP contribution in [0.4, 0.5) is 0 Å². The van der Waals surface area contributed by atoms with Crippen molar-refractivity contribution in [1.82, 2.24) is 10.4 Å². The molecule has 0 spiro atoms. The van der Waals surface area contributed by atoms with Gasteiger partial charge >= 0.3 is 0 Å². The summed E-state index contributed by atoms with van der Waals surface area (Å²) in [5, 5.41) is 1.13. The average Bonchev–Trinajstić information content (AvgIpc) is 2.97. The Morgan fingerprint density at radius 2 is 1.95 bits per heavy atom. The zero-order chi connectivity index (χ0) is 13.1. The molecule has 19 heavy (non-hydrogen) atoms. The molecule has 1 heterocycles. The van der Waals surface area contributed by atoms with Gasteiger partial charge in [-0.3, -0.25) is 4.99 Å². The molecular formula is C15H18N4. The minimum absolute atomic E-state index is 0.388. The zero-order valence-electron chi connectivity index (χ0n) is 10.8. The van der Waals surface area contributed by atoms with Crippen molar-refractivity contribution in [2.45, 2.75) is 31.7 Å². The molecule has 0 radical (unpaired) electrons. The Hall–Kier alpha value is -1.94. The van der Waals surface area contributed by atoms with Gasteiger partial charge in [0.1, 0.15) is 5.69 Å². The Bertz CT molecular complexity index is 600. The zero-order valence-corrected chi connectivity index (χ0v) is 10.8. The first-order chi connectivity index (χ1) is 9.36. The summed E-state index contributed by atoms with van der Waals surface area (Å²) in [6.07, 6.45) is 4.83. The van der Waals surface area contributed by atoms with E-state index < -0.39 is 0 Å². The minimum atomic E-state index is 0.388. The summed E-state index contributed by atoms with van der Waals surface area (Å²) >= 11 is 0. The van der Waals surface area contributed by atoms with Crippen molar-refractivity contribution < 1.29 is 0 Å². The molecule has 3 N–H and O–H groups in total. The first-order valence-corrected chi connectivity index (χ1v) is 6.77. The van der Waals surface area contributed by atoms with Crippen molar-refractivity contribution >= 4 is 16.7 Å². The SMILES string of the molecule is NNC(=NC1CCCC1)c1ccc2ccccc2n1. The molecule has 0 unspecified atom stereocenters. The van der Waals surface area contributed by atoms with E-state index in [1.54, 1.807) is 0 Å². The number of fused-ring (bicyclic) bond motifs is 1. The van der Waals surface area contributed by atoms with Crippen LogP contribution in [0.1, 0.15) is 31.4 Å².